The minimum absolute atomic E-state index is 0.0659. The molecule has 2 atom stereocenters. The first-order valence-corrected chi connectivity index (χ1v) is 15.6. The van der Waals surface area contributed by atoms with Gasteiger partial charge in [0.15, 0.2) is 11.6 Å². The van der Waals surface area contributed by atoms with E-state index in [1.54, 1.807) is 14.2 Å². The van der Waals surface area contributed by atoms with Crippen molar-refractivity contribution in [1.29, 1.82) is 0 Å². The number of nitrogens with zero attached hydrogens (tertiary/aromatic N) is 1. The van der Waals surface area contributed by atoms with Crippen LogP contribution in [0.15, 0.2) is 107 Å². The average molecular weight is 674 g/mol. The third kappa shape index (κ3) is 7.85. The van der Waals surface area contributed by atoms with Gasteiger partial charge >= 0.3 is 0 Å². The summed E-state index contributed by atoms with van der Waals surface area (Å²) in [6, 6.07) is 30.7. The Hall–Kier alpha value is -4.34. The van der Waals surface area contributed by atoms with Gasteiger partial charge in [-0.25, -0.2) is 4.99 Å². The zero-order valence-electron chi connectivity index (χ0n) is 25.4. The largest absolute Gasteiger partial charge is 0.497 e. The van der Waals surface area contributed by atoms with E-state index in [-0.39, 0.29) is 12.5 Å². The molecule has 1 amide bonds. The van der Waals surface area contributed by atoms with Crippen LogP contribution in [-0.2, 0) is 22.4 Å². The molecule has 234 valence electrons. The van der Waals surface area contributed by atoms with Crippen LogP contribution in [0.3, 0.4) is 0 Å². The molecule has 4 aromatic rings. The van der Waals surface area contributed by atoms with Crippen LogP contribution in [0.1, 0.15) is 34.8 Å². The highest BCUT2D eigenvalue weighted by Crippen LogP contribution is 2.43. The Labute approximate surface area is 272 Å². The van der Waals surface area contributed by atoms with Crippen molar-refractivity contribution < 1.29 is 28.8 Å². The molecule has 2 N–H and O–H groups in total. The molecule has 45 heavy (non-hydrogen) atoms. The number of aliphatic hydroxyl groups excluding tert-OH is 1. The maximum absolute atomic E-state index is 14.5. The van der Waals surface area contributed by atoms with Gasteiger partial charge in [0.05, 0.1) is 20.8 Å². The van der Waals surface area contributed by atoms with Crippen LogP contribution in [0.5, 0.6) is 17.2 Å². The van der Waals surface area contributed by atoms with Gasteiger partial charge < -0.3 is 29.4 Å². The molecule has 0 saturated carbocycles. The lowest BCUT2D eigenvalue weighted by atomic mass is 9.82. The number of amides is 1. The number of aliphatic hydroxyl groups is 1. The first kappa shape index (κ1) is 32.1. The zero-order chi connectivity index (χ0) is 31.6. The molecule has 0 bridgehead atoms. The maximum atomic E-state index is 14.5. The molecule has 8 nitrogen and oxygen atoms in total. The third-order valence-electron chi connectivity index (χ3n) is 7.65. The monoisotopic (exact) mass is 672 g/mol. The number of carbonyl (C=O) groups excluding carboxylic acids is 1. The maximum Gasteiger partial charge on any atom is 0.252 e. The second kappa shape index (κ2) is 15.1. The van der Waals surface area contributed by atoms with E-state index in [4.69, 9.17) is 29.0 Å². The van der Waals surface area contributed by atoms with Gasteiger partial charge in [-0.1, -0.05) is 52.3 Å². The van der Waals surface area contributed by atoms with E-state index in [1.807, 2.05) is 97.1 Å². The molecule has 0 saturated heterocycles. The number of ether oxygens (including phenoxy) is 4. The van der Waals surface area contributed by atoms with Gasteiger partial charge in [-0.05, 0) is 83.8 Å². The highest BCUT2D eigenvalue weighted by Gasteiger charge is 2.53. The Balaban J connectivity index is 1.52. The summed E-state index contributed by atoms with van der Waals surface area (Å²) in [4.78, 5) is 19.6. The Morgan fingerprint density at radius 3 is 2.33 bits per heavy atom. The van der Waals surface area contributed by atoms with Crippen LogP contribution in [0.25, 0.3) is 0 Å². The van der Waals surface area contributed by atoms with E-state index in [9.17, 15) is 4.79 Å². The molecule has 5 rings (SSSR count). The number of nitrogens with one attached hydrogen (secondary N) is 1. The number of benzene rings is 4. The molecule has 1 heterocycles. The smallest absolute Gasteiger partial charge is 0.252 e. The summed E-state index contributed by atoms with van der Waals surface area (Å²) in [5, 5.41) is 12.2. The van der Waals surface area contributed by atoms with E-state index in [0.717, 1.165) is 32.5 Å². The van der Waals surface area contributed by atoms with Crippen LogP contribution in [-0.4, -0.2) is 56.4 Å². The first-order chi connectivity index (χ1) is 21.9. The average Bonchev–Trinajstić information content (AvgIpc) is 3.46. The molecule has 4 aromatic carbocycles. The van der Waals surface area contributed by atoms with Crippen molar-refractivity contribution in [1.82, 2.24) is 5.32 Å². The van der Waals surface area contributed by atoms with Crippen LogP contribution in [0.4, 0.5) is 0 Å². The molecule has 0 aliphatic carbocycles. The first-order valence-electron chi connectivity index (χ1n) is 14.8. The third-order valence-corrected chi connectivity index (χ3v) is 8.18. The van der Waals surface area contributed by atoms with E-state index in [2.05, 4.69) is 21.2 Å². The van der Waals surface area contributed by atoms with Gasteiger partial charge in [-0.3, -0.25) is 4.79 Å². The van der Waals surface area contributed by atoms with Gasteiger partial charge in [-0.2, -0.15) is 0 Å². The number of carbonyl (C=O) groups is 1. The Bertz CT molecular complexity index is 1610. The van der Waals surface area contributed by atoms with Crippen molar-refractivity contribution in [2.24, 2.45) is 4.99 Å². The number of halogens is 1. The predicted octanol–water partition coefficient (Wildman–Crippen LogP) is 6.09. The second-order valence-corrected chi connectivity index (χ2v) is 11.6. The molecule has 0 aromatic heterocycles. The summed E-state index contributed by atoms with van der Waals surface area (Å²) in [5.41, 5.74) is 2.17. The molecule has 0 radical (unpaired) electrons. The topological polar surface area (TPSA) is 98.6 Å². The molecule has 1 aliphatic heterocycles. The van der Waals surface area contributed by atoms with Crippen LogP contribution in [0, 0.1) is 0 Å². The molecule has 0 spiro atoms. The summed E-state index contributed by atoms with van der Waals surface area (Å²) in [7, 11) is 3.25. The van der Waals surface area contributed by atoms with Crippen LogP contribution in [0.2, 0.25) is 0 Å². The van der Waals surface area contributed by atoms with Crippen LogP contribution < -0.4 is 19.5 Å². The highest BCUT2D eigenvalue weighted by molar-refractivity contribution is 9.10. The lowest BCUT2D eigenvalue weighted by Gasteiger charge is -2.31. The Morgan fingerprint density at radius 2 is 1.62 bits per heavy atom. The SMILES string of the molecule is COc1cccc(CCNC(=O)[C@]2(Cc3ccc(Br)cc3)N=C(c3ccc(OCCCO)cc3)O[C@@H]2c2cccc(OC)c2)c1. The lowest BCUT2D eigenvalue weighted by Crippen LogP contribution is -2.50. The number of methoxy groups -OCH3 is 2. The van der Waals surface area contributed by atoms with E-state index < -0.39 is 11.6 Å². The quantitative estimate of drug-likeness (QED) is 0.158. The Morgan fingerprint density at radius 1 is 0.911 bits per heavy atom. The van der Waals surface area contributed by atoms with Crippen molar-refractivity contribution >= 4 is 27.7 Å². The molecule has 0 unspecified atom stereocenters. The Kier molecular flexibility index (Phi) is 10.8. The van der Waals surface area contributed by atoms with Gasteiger partial charge in [0.1, 0.15) is 17.2 Å². The highest BCUT2D eigenvalue weighted by atomic mass is 79.9. The molecular formula is C36H37BrN2O6. The van der Waals surface area contributed by atoms with Crippen molar-refractivity contribution in [2.75, 3.05) is 34.0 Å². The lowest BCUT2D eigenvalue weighted by molar-refractivity contribution is -0.128. The van der Waals surface area contributed by atoms with E-state index >= 15 is 0 Å². The summed E-state index contributed by atoms with van der Waals surface area (Å²) < 4.78 is 24.2. The number of hydrogen-bond donors (Lipinski definition) is 2. The fraction of sp³-hybridized carbons (Fsp3) is 0.278. The normalized spacial score (nSPS) is 17.2. The van der Waals surface area contributed by atoms with Crippen molar-refractivity contribution in [3.05, 3.63) is 124 Å². The van der Waals surface area contributed by atoms with Gasteiger partial charge in [-0.15, -0.1) is 0 Å². The standard InChI is InChI=1S/C36H37BrN2O6/c1-42-31-8-3-6-25(22-31)18-19-38-35(41)36(24-26-10-14-29(37)15-11-26)33(28-7-4-9-32(23-28)43-2)45-34(39-36)27-12-16-30(17-13-27)44-21-5-20-40/h3-4,6-17,22-23,33,40H,5,18-21,24H2,1-2H3,(H,38,41)/t33-,36-/m1/s1. The van der Waals surface area contributed by atoms with E-state index in [0.29, 0.717) is 49.8 Å². The fourth-order valence-corrected chi connectivity index (χ4v) is 5.57. The predicted molar refractivity (Wildman–Crippen MR) is 177 cm³/mol. The number of rotatable bonds is 14. The number of aliphatic imine (C=N–C) groups is 1. The molecular weight excluding hydrogens is 636 g/mol. The van der Waals surface area contributed by atoms with Gasteiger partial charge in [0.25, 0.3) is 5.91 Å². The summed E-state index contributed by atoms with van der Waals surface area (Å²) in [6.45, 7) is 0.886. The van der Waals surface area contributed by atoms with Gasteiger partial charge in [0, 0.05) is 36.0 Å². The molecule has 1 aliphatic rings. The zero-order valence-corrected chi connectivity index (χ0v) is 27.0. The fourth-order valence-electron chi connectivity index (χ4n) is 5.30. The second-order valence-electron chi connectivity index (χ2n) is 10.7. The minimum atomic E-state index is -1.32. The van der Waals surface area contributed by atoms with E-state index in [1.165, 1.54) is 0 Å². The summed E-state index contributed by atoms with van der Waals surface area (Å²) >= 11 is 3.52. The minimum Gasteiger partial charge on any atom is -0.497 e. The van der Waals surface area contributed by atoms with Crippen molar-refractivity contribution in [3.8, 4) is 17.2 Å². The number of hydrogen-bond acceptors (Lipinski definition) is 7. The van der Waals surface area contributed by atoms with Crippen LogP contribution >= 0.6 is 15.9 Å². The van der Waals surface area contributed by atoms with Crippen molar-refractivity contribution in [3.63, 3.8) is 0 Å². The van der Waals surface area contributed by atoms with Gasteiger partial charge in [0.2, 0.25) is 5.90 Å². The van der Waals surface area contributed by atoms with Crippen molar-refractivity contribution in [2.45, 2.75) is 30.9 Å². The summed E-state index contributed by atoms with van der Waals surface area (Å²) in [6.07, 6.45) is 0.740. The summed E-state index contributed by atoms with van der Waals surface area (Å²) in [5.74, 6) is 2.23. The molecule has 0 fully saturated rings. The molecule has 9 heteroatoms.